The molecule has 178 valence electrons. The third-order valence-corrected chi connectivity index (χ3v) is 8.68. The smallest absolute Gasteiger partial charge is 0.264 e. The highest BCUT2D eigenvalue weighted by Crippen LogP contribution is 2.35. The van der Waals surface area contributed by atoms with Crippen molar-refractivity contribution in [2.45, 2.75) is 18.4 Å². The molecule has 2 aliphatic rings. The summed E-state index contributed by atoms with van der Waals surface area (Å²) in [6, 6.07) is 14.1. The molecule has 1 aromatic heterocycles. The molecular weight excluding hydrogens is 476 g/mol. The third-order valence-electron chi connectivity index (χ3n) is 5.80. The summed E-state index contributed by atoms with van der Waals surface area (Å²) in [4.78, 5) is 15.6. The molecule has 0 saturated carbocycles. The summed E-state index contributed by atoms with van der Waals surface area (Å²) >= 11 is 1.36. The molecular formula is C24H24N2O6S2. The number of amides is 1. The third kappa shape index (κ3) is 4.61. The molecule has 2 aliphatic heterocycles. The highest BCUT2D eigenvalue weighted by molar-refractivity contribution is 7.89. The average molecular weight is 501 g/mol. The molecule has 1 fully saturated rings. The van der Waals surface area contributed by atoms with Gasteiger partial charge in [-0.1, -0.05) is 17.7 Å². The lowest BCUT2D eigenvalue weighted by molar-refractivity contribution is 0.0702. The molecule has 3 heterocycles. The Bertz CT molecular complexity index is 1300. The number of ether oxygens (including phenoxy) is 3. The fourth-order valence-electron chi connectivity index (χ4n) is 3.84. The summed E-state index contributed by atoms with van der Waals surface area (Å²) in [6.45, 7) is 3.70. The molecule has 2 aromatic carbocycles. The van der Waals surface area contributed by atoms with Gasteiger partial charge in [-0.25, -0.2) is 8.42 Å². The van der Waals surface area contributed by atoms with Crippen molar-refractivity contribution in [2.24, 2.45) is 0 Å². The van der Waals surface area contributed by atoms with Crippen molar-refractivity contribution in [2.75, 3.05) is 33.0 Å². The Kier molecular flexibility index (Phi) is 6.20. The van der Waals surface area contributed by atoms with E-state index in [1.807, 2.05) is 24.4 Å². The minimum Gasteiger partial charge on any atom is -0.489 e. The lowest BCUT2D eigenvalue weighted by Gasteiger charge is -2.33. The number of carbonyl (C=O) groups excluding carboxylic acids is 1. The summed E-state index contributed by atoms with van der Waals surface area (Å²) in [7, 11) is -3.56. The van der Waals surface area contributed by atoms with E-state index in [1.165, 1.54) is 15.6 Å². The zero-order valence-corrected chi connectivity index (χ0v) is 20.2. The van der Waals surface area contributed by atoms with E-state index in [9.17, 15) is 13.2 Å². The first kappa shape index (κ1) is 22.7. The van der Waals surface area contributed by atoms with Crippen molar-refractivity contribution in [1.82, 2.24) is 9.21 Å². The molecule has 8 nitrogen and oxygen atoms in total. The van der Waals surface area contributed by atoms with Crippen molar-refractivity contribution >= 4 is 27.3 Å². The van der Waals surface area contributed by atoms with Crippen LogP contribution < -0.4 is 14.2 Å². The van der Waals surface area contributed by atoms with Gasteiger partial charge >= 0.3 is 0 Å². The molecule has 1 amide bonds. The summed E-state index contributed by atoms with van der Waals surface area (Å²) in [5, 5.41) is 1.90. The SMILES string of the molecule is Cc1ccc(S(=O)(=O)N2CCN(C(=O)c3cc(COc4ccc5c(c4)OCO5)cs3)CC2)cc1. The molecule has 0 atom stereocenters. The van der Waals surface area contributed by atoms with Gasteiger partial charge in [0, 0.05) is 37.8 Å². The second-order valence-electron chi connectivity index (χ2n) is 8.13. The number of sulfonamides is 1. The second kappa shape index (κ2) is 9.28. The van der Waals surface area contributed by atoms with Crippen molar-refractivity contribution in [1.29, 1.82) is 0 Å². The van der Waals surface area contributed by atoms with E-state index in [0.717, 1.165) is 11.1 Å². The van der Waals surface area contributed by atoms with E-state index >= 15 is 0 Å². The lowest BCUT2D eigenvalue weighted by Crippen LogP contribution is -2.50. The van der Waals surface area contributed by atoms with Crippen LogP contribution in [0, 0.1) is 6.92 Å². The van der Waals surface area contributed by atoms with Gasteiger partial charge in [0.1, 0.15) is 12.4 Å². The van der Waals surface area contributed by atoms with Crippen LogP contribution in [0.3, 0.4) is 0 Å². The Morgan fingerprint density at radius 1 is 1.00 bits per heavy atom. The van der Waals surface area contributed by atoms with Crippen LogP contribution in [0.5, 0.6) is 17.2 Å². The first-order chi connectivity index (χ1) is 16.4. The summed E-state index contributed by atoms with van der Waals surface area (Å²) in [6.07, 6.45) is 0. The van der Waals surface area contributed by atoms with Crippen LogP contribution in [-0.4, -0.2) is 56.5 Å². The van der Waals surface area contributed by atoms with E-state index in [1.54, 1.807) is 41.3 Å². The molecule has 0 bridgehead atoms. The van der Waals surface area contributed by atoms with Crippen LogP contribution in [0.2, 0.25) is 0 Å². The standard InChI is InChI=1S/C24H24N2O6S2/c1-17-2-5-20(6-3-17)34(28,29)26-10-8-25(9-11-26)24(27)23-12-18(15-33-23)14-30-19-4-7-21-22(13-19)32-16-31-21/h2-7,12-13,15H,8-11,14,16H2,1H3. The highest BCUT2D eigenvalue weighted by atomic mass is 32.2. The monoisotopic (exact) mass is 500 g/mol. The number of rotatable bonds is 6. The number of piperazine rings is 1. The van der Waals surface area contributed by atoms with Crippen LogP contribution in [-0.2, 0) is 16.6 Å². The minimum atomic E-state index is -3.56. The molecule has 0 spiro atoms. The maximum atomic E-state index is 13.0. The quantitative estimate of drug-likeness (QED) is 0.515. The van der Waals surface area contributed by atoms with Gasteiger partial charge in [-0.05, 0) is 42.6 Å². The van der Waals surface area contributed by atoms with Crippen molar-refractivity contribution in [3.63, 3.8) is 0 Å². The first-order valence-corrected chi connectivity index (χ1v) is 13.2. The maximum absolute atomic E-state index is 13.0. The van der Waals surface area contributed by atoms with Crippen molar-refractivity contribution in [3.05, 3.63) is 69.9 Å². The molecule has 0 unspecified atom stereocenters. The Morgan fingerprint density at radius 2 is 1.74 bits per heavy atom. The molecule has 34 heavy (non-hydrogen) atoms. The summed E-state index contributed by atoms with van der Waals surface area (Å²) < 4.78 is 43.7. The van der Waals surface area contributed by atoms with Gasteiger partial charge < -0.3 is 19.1 Å². The van der Waals surface area contributed by atoms with Crippen molar-refractivity contribution < 1.29 is 27.4 Å². The molecule has 0 radical (unpaired) electrons. The van der Waals surface area contributed by atoms with E-state index in [4.69, 9.17) is 14.2 Å². The molecule has 0 N–H and O–H groups in total. The number of nitrogens with zero attached hydrogens (tertiary/aromatic N) is 2. The van der Waals surface area contributed by atoms with E-state index in [0.29, 0.717) is 41.8 Å². The van der Waals surface area contributed by atoms with E-state index < -0.39 is 10.0 Å². The normalized spacial score (nSPS) is 16.0. The van der Waals surface area contributed by atoms with E-state index in [2.05, 4.69) is 0 Å². The Hall–Kier alpha value is -3.08. The molecule has 3 aromatic rings. The predicted octanol–water partition coefficient (Wildman–Crippen LogP) is 3.51. The van der Waals surface area contributed by atoms with Gasteiger partial charge in [0.25, 0.3) is 5.91 Å². The second-order valence-corrected chi connectivity index (χ2v) is 11.0. The van der Waals surface area contributed by atoms with Gasteiger partial charge in [-0.2, -0.15) is 4.31 Å². The average Bonchev–Trinajstić information content (AvgIpc) is 3.52. The molecule has 1 saturated heterocycles. The number of aryl methyl sites for hydroxylation is 1. The topological polar surface area (TPSA) is 85.4 Å². The van der Waals surface area contributed by atoms with Gasteiger partial charge in [0.2, 0.25) is 16.8 Å². The van der Waals surface area contributed by atoms with Gasteiger partial charge in [-0.3, -0.25) is 4.79 Å². The van der Waals surface area contributed by atoms with Crippen LogP contribution in [0.1, 0.15) is 20.8 Å². The first-order valence-electron chi connectivity index (χ1n) is 10.9. The van der Waals surface area contributed by atoms with E-state index in [-0.39, 0.29) is 30.7 Å². The number of hydrogen-bond donors (Lipinski definition) is 0. The number of carbonyl (C=O) groups is 1. The van der Waals surface area contributed by atoms with Gasteiger partial charge in [0.15, 0.2) is 11.5 Å². The number of fused-ring (bicyclic) bond motifs is 1. The van der Waals surface area contributed by atoms with Crippen LogP contribution in [0.25, 0.3) is 0 Å². The Balaban J connectivity index is 1.16. The Morgan fingerprint density at radius 3 is 2.50 bits per heavy atom. The minimum absolute atomic E-state index is 0.0910. The number of thiophene rings is 1. The molecule has 0 aliphatic carbocycles. The van der Waals surface area contributed by atoms with Crippen molar-refractivity contribution in [3.8, 4) is 17.2 Å². The maximum Gasteiger partial charge on any atom is 0.264 e. The zero-order valence-electron chi connectivity index (χ0n) is 18.6. The number of hydrogen-bond acceptors (Lipinski definition) is 7. The lowest BCUT2D eigenvalue weighted by atomic mass is 10.2. The van der Waals surface area contributed by atoms with Crippen LogP contribution in [0.15, 0.2) is 58.8 Å². The molecule has 5 rings (SSSR count). The van der Waals surface area contributed by atoms with Gasteiger partial charge in [-0.15, -0.1) is 11.3 Å². The Labute approximate surface area is 202 Å². The molecule has 10 heteroatoms. The predicted molar refractivity (Wildman–Crippen MR) is 127 cm³/mol. The van der Waals surface area contributed by atoms with Crippen LogP contribution in [0.4, 0.5) is 0 Å². The zero-order chi connectivity index (χ0) is 23.7. The fourth-order valence-corrected chi connectivity index (χ4v) is 6.13. The summed E-state index contributed by atoms with van der Waals surface area (Å²) in [5.41, 5.74) is 1.90. The van der Waals surface area contributed by atoms with Gasteiger partial charge in [0.05, 0.1) is 9.77 Å². The van der Waals surface area contributed by atoms with Crippen LogP contribution >= 0.6 is 11.3 Å². The fraction of sp³-hybridized carbons (Fsp3) is 0.292. The largest absolute Gasteiger partial charge is 0.489 e. The number of benzene rings is 2. The summed E-state index contributed by atoms with van der Waals surface area (Å²) in [5.74, 6) is 1.92. The highest BCUT2D eigenvalue weighted by Gasteiger charge is 2.30.